The maximum Gasteiger partial charge on any atom is 0.356 e. The minimum Gasteiger partial charge on any atom is -0.476 e. The molecule has 2 aromatic rings. The van der Waals surface area contributed by atoms with E-state index in [2.05, 4.69) is 34.9 Å². The Labute approximate surface area is 135 Å². The smallest absolute Gasteiger partial charge is 0.356 e. The van der Waals surface area contributed by atoms with Gasteiger partial charge in [-0.05, 0) is 39.5 Å². The third kappa shape index (κ3) is 2.25. The monoisotopic (exact) mass is 366 g/mol. The highest BCUT2D eigenvalue weighted by atomic mass is 79.9. The van der Waals surface area contributed by atoms with Gasteiger partial charge in [0.25, 0.3) is 0 Å². The molecule has 0 fully saturated rings. The molecule has 0 saturated carbocycles. The van der Waals surface area contributed by atoms with Crippen molar-refractivity contribution in [3.8, 4) is 22.8 Å². The van der Waals surface area contributed by atoms with Gasteiger partial charge in [-0.3, -0.25) is 4.68 Å². The molecule has 0 bridgehead atoms. The van der Waals surface area contributed by atoms with Gasteiger partial charge >= 0.3 is 5.97 Å². The Kier molecular flexibility index (Phi) is 3.60. The number of hydrogen-bond donors (Lipinski definition) is 1. The predicted molar refractivity (Wildman–Crippen MR) is 83.5 cm³/mol. The third-order valence-corrected chi connectivity index (χ3v) is 4.38. The number of carboxylic acid groups (broad SMARTS) is 1. The van der Waals surface area contributed by atoms with Gasteiger partial charge in [-0.1, -0.05) is 13.8 Å². The summed E-state index contributed by atoms with van der Waals surface area (Å²) in [6, 6.07) is 3.45. The van der Waals surface area contributed by atoms with Gasteiger partial charge in [0.05, 0.1) is 10.2 Å². The van der Waals surface area contributed by atoms with Crippen molar-refractivity contribution >= 4 is 21.9 Å². The van der Waals surface area contributed by atoms with Gasteiger partial charge in [0.15, 0.2) is 17.2 Å². The average molecular weight is 367 g/mol. The Morgan fingerprint density at radius 3 is 2.73 bits per heavy atom. The van der Waals surface area contributed by atoms with Gasteiger partial charge in [-0.15, -0.1) is 0 Å². The Bertz CT molecular complexity index is 767. The van der Waals surface area contributed by atoms with Gasteiger partial charge in [0, 0.05) is 12.6 Å². The van der Waals surface area contributed by atoms with E-state index < -0.39 is 5.97 Å². The maximum absolute atomic E-state index is 11.1. The summed E-state index contributed by atoms with van der Waals surface area (Å²) in [6.07, 6.45) is 0. The van der Waals surface area contributed by atoms with E-state index in [0.717, 1.165) is 21.3 Å². The number of fused-ring (bicyclic) bond motifs is 1. The van der Waals surface area contributed by atoms with Crippen LogP contribution in [-0.4, -0.2) is 27.6 Å². The number of halogens is 1. The summed E-state index contributed by atoms with van der Waals surface area (Å²) >= 11 is 3.59. The first kappa shape index (κ1) is 14.9. The third-order valence-electron chi connectivity index (χ3n) is 3.60. The molecule has 2 heterocycles. The quantitative estimate of drug-likeness (QED) is 0.900. The average Bonchev–Trinajstić information content (AvgIpc) is 3.04. The van der Waals surface area contributed by atoms with Crippen molar-refractivity contribution < 1.29 is 19.4 Å². The van der Waals surface area contributed by atoms with Crippen LogP contribution in [0.25, 0.3) is 11.3 Å². The lowest BCUT2D eigenvalue weighted by molar-refractivity contribution is 0.0689. The van der Waals surface area contributed by atoms with Crippen LogP contribution in [-0.2, 0) is 7.05 Å². The van der Waals surface area contributed by atoms with Gasteiger partial charge in [-0.2, -0.15) is 5.10 Å². The number of nitrogens with zero attached hydrogens (tertiary/aromatic N) is 2. The number of carboxylic acids is 1. The second-order valence-corrected chi connectivity index (χ2v) is 6.18. The van der Waals surface area contributed by atoms with Crippen LogP contribution in [0.5, 0.6) is 11.5 Å². The highest BCUT2D eigenvalue weighted by Crippen LogP contribution is 2.48. The van der Waals surface area contributed by atoms with E-state index in [0.29, 0.717) is 11.5 Å². The molecule has 0 radical (unpaired) electrons. The number of benzene rings is 1. The summed E-state index contributed by atoms with van der Waals surface area (Å²) in [7, 11) is 1.73. The number of aromatic carboxylic acids is 1. The van der Waals surface area contributed by atoms with Crippen LogP contribution in [0.4, 0.5) is 0 Å². The van der Waals surface area contributed by atoms with E-state index in [9.17, 15) is 4.79 Å². The number of aryl methyl sites for hydroxylation is 1. The van der Waals surface area contributed by atoms with Crippen LogP contribution in [0.1, 0.15) is 35.8 Å². The van der Waals surface area contributed by atoms with Gasteiger partial charge in [0.1, 0.15) is 0 Å². The van der Waals surface area contributed by atoms with E-state index in [-0.39, 0.29) is 18.4 Å². The molecule has 1 aromatic heterocycles. The van der Waals surface area contributed by atoms with Crippen molar-refractivity contribution in [1.29, 1.82) is 0 Å². The largest absolute Gasteiger partial charge is 0.476 e. The Morgan fingerprint density at radius 2 is 2.14 bits per heavy atom. The van der Waals surface area contributed by atoms with Crippen LogP contribution >= 0.6 is 15.9 Å². The fraction of sp³-hybridized carbons (Fsp3) is 0.333. The molecule has 1 aliphatic heterocycles. The number of aromatic nitrogens is 2. The number of ether oxygens (including phenoxy) is 2. The predicted octanol–water partition coefficient (Wildman–Crippen LogP) is 3.40. The van der Waals surface area contributed by atoms with Crippen molar-refractivity contribution in [3.63, 3.8) is 0 Å². The molecule has 3 rings (SSSR count). The minimum absolute atomic E-state index is 0.0148. The molecular formula is C15H15BrN2O4. The molecule has 0 amide bonds. The van der Waals surface area contributed by atoms with Gasteiger partial charge in [0.2, 0.25) is 6.79 Å². The molecule has 6 nitrogen and oxygen atoms in total. The van der Waals surface area contributed by atoms with Crippen molar-refractivity contribution in [2.24, 2.45) is 7.05 Å². The molecule has 0 atom stereocenters. The number of carbonyl (C=O) groups is 1. The van der Waals surface area contributed by atoms with Crippen molar-refractivity contribution in [2.75, 3.05) is 6.79 Å². The molecule has 116 valence electrons. The molecule has 0 aliphatic carbocycles. The van der Waals surface area contributed by atoms with Crippen molar-refractivity contribution in [1.82, 2.24) is 9.78 Å². The lowest BCUT2D eigenvalue weighted by atomic mass is 9.94. The molecule has 0 unspecified atom stereocenters. The van der Waals surface area contributed by atoms with E-state index >= 15 is 0 Å². The molecule has 0 saturated heterocycles. The fourth-order valence-electron chi connectivity index (χ4n) is 2.62. The van der Waals surface area contributed by atoms with Crippen LogP contribution in [0.15, 0.2) is 16.6 Å². The second-order valence-electron chi connectivity index (χ2n) is 5.38. The van der Waals surface area contributed by atoms with Crippen molar-refractivity contribution in [2.45, 2.75) is 19.8 Å². The van der Waals surface area contributed by atoms with Crippen LogP contribution in [0, 0.1) is 0 Å². The normalized spacial score (nSPS) is 13.0. The Balaban J connectivity index is 2.26. The SMILES string of the molecule is CC(C)c1c(-c2cc(C(=O)O)nn2C)cc2c(c1Br)OCO2. The van der Waals surface area contributed by atoms with Crippen LogP contribution < -0.4 is 9.47 Å². The molecule has 7 heteroatoms. The maximum atomic E-state index is 11.1. The minimum atomic E-state index is -1.05. The zero-order chi connectivity index (χ0) is 16.0. The fourth-order valence-corrected chi connectivity index (χ4v) is 3.60. The summed E-state index contributed by atoms with van der Waals surface area (Å²) in [5.74, 6) is 0.493. The summed E-state index contributed by atoms with van der Waals surface area (Å²) < 4.78 is 13.4. The van der Waals surface area contributed by atoms with E-state index in [1.165, 1.54) is 0 Å². The Morgan fingerprint density at radius 1 is 1.41 bits per heavy atom. The molecule has 0 spiro atoms. The van der Waals surface area contributed by atoms with Crippen LogP contribution in [0.3, 0.4) is 0 Å². The number of hydrogen-bond acceptors (Lipinski definition) is 4. The molecule has 1 aromatic carbocycles. The standard InChI is InChI=1S/C15H15BrN2O4/c1-7(2)12-8(4-11-14(13(12)16)22-6-21-11)10-5-9(15(19)20)17-18(10)3/h4-5,7H,6H2,1-3H3,(H,19,20). The molecular weight excluding hydrogens is 352 g/mol. The lowest BCUT2D eigenvalue weighted by Crippen LogP contribution is -2.01. The molecule has 1 aliphatic rings. The first-order valence-corrected chi connectivity index (χ1v) is 7.59. The van der Waals surface area contributed by atoms with Crippen LogP contribution in [0.2, 0.25) is 0 Å². The summed E-state index contributed by atoms with van der Waals surface area (Å²) in [5.41, 5.74) is 2.65. The lowest BCUT2D eigenvalue weighted by Gasteiger charge is -2.17. The van der Waals surface area contributed by atoms with Crippen molar-refractivity contribution in [3.05, 3.63) is 27.9 Å². The molecule has 1 N–H and O–H groups in total. The summed E-state index contributed by atoms with van der Waals surface area (Å²) in [4.78, 5) is 11.1. The zero-order valence-electron chi connectivity index (χ0n) is 12.4. The zero-order valence-corrected chi connectivity index (χ0v) is 14.0. The molecule has 22 heavy (non-hydrogen) atoms. The second kappa shape index (κ2) is 5.31. The highest BCUT2D eigenvalue weighted by Gasteiger charge is 2.26. The highest BCUT2D eigenvalue weighted by molar-refractivity contribution is 9.10. The number of rotatable bonds is 3. The first-order valence-electron chi connectivity index (χ1n) is 6.79. The summed E-state index contributed by atoms with van der Waals surface area (Å²) in [5, 5.41) is 13.2. The Hall–Kier alpha value is -2.02. The van der Waals surface area contributed by atoms with E-state index in [1.807, 2.05) is 6.07 Å². The van der Waals surface area contributed by atoms with E-state index in [4.69, 9.17) is 14.6 Å². The van der Waals surface area contributed by atoms with Gasteiger partial charge in [-0.25, -0.2) is 4.79 Å². The summed E-state index contributed by atoms with van der Waals surface area (Å²) in [6.45, 7) is 4.32. The first-order chi connectivity index (χ1) is 10.4. The van der Waals surface area contributed by atoms with Gasteiger partial charge < -0.3 is 14.6 Å². The van der Waals surface area contributed by atoms with E-state index in [1.54, 1.807) is 17.8 Å². The topological polar surface area (TPSA) is 73.6 Å².